The molecule has 1 atom stereocenters. The van der Waals surface area contributed by atoms with Crippen LogP contribution in [0.4, 0.5) is 4.39 Å². The molecule has 7 nitrogen and oxygen atoms in total. The quantitative estimate of drug-likeness (QED) is 0.342. The van der Waals surface area contributed by atoms with Crippen LogP contribution in [0, 0.1) is 12.7 Å². The minimum Gasteiger partial charge on any atom is -0.464 e. The van der Waals surface area contributed by atoms with Gasteiger partial charge in [0.2, 0.25) is 15.9 Å². The first-order valence-electron chi connectivity index (χ1n) is 11.7. The molecule has 0 bridgehead atoms. The SMILES string of the molecule is Cc1ccc(CN(Cc2ccc(F)cc2)C(=O)CN(CC2CCCO2)S(=O)(=O)c2ccc(Br)cc2)o1. The predicted octanol–water partition coefficient (Wildman–Crippen LogP) is 4.89. The minimum absolute atomic E-state index is 0.0778. The predicted molar refractivity (Wildman–Crippen MR) is 136 cm³/mol. The van der Waals surface area contributed by atoms with E-state index in [2.05, 4.69) is 15.9 Å². The van der Waals surface area contributed by atoms with Gasteiger partial charge in [0.1, 0.15) is 17.3 Å². The number of sulfonamides is 1. The van der Waals surface area contributed by atoms with Gasteiger partial charge in [0.15, 0.2) is 0 Å². The van der Waals surface area contributed by atoms with E-state index in [1.54, 1.807) is 36.4 Å². The molecular weight excluding hydrogens is 551 g/mol. The number of carbonyl (C=O) groups excluding carboxylic acids is 1. The summed E-state index contributed by atoms with van der Waals surface area (Å²) in [5.74, 6) is 0.509. The maximum absolute atomic E-state index is 13.6. The van der Waals surface area contributed by atoms with E-state index in [9.17, 15) is 17.6 Å². The van der Waals surface area contributed by atoms with Crippen LogP contribution in [0.5, 0.6) is 0 Å². The summed E-state index contributed by atoms with van der Waals surface area (Å²) in [6, 6.07) is 15.8. The van der Waals surface area contributed by atoms with Crippen LogP contribution in [-0.2, 0) is 32.6 Å². The molecule has 1 aliphatic heterocycles. The molecule has 10 heteroatoms. The molecule has 36 heavy (non-hydrogen) atoms. The number of ether oxygens (including phenoxy) is 1. The van der Waals surface area contributed by atoms with Crippen molar-refractivity contribution in [1.29, 1.82) is 0 Å². The van der Waals surface area contributed by atoms with Crippen molar-refractivity contribution >= 4 is 31.9 Å². The monoisotopic (exact) mass is 578 g/mol. The van der Waals surface area contributed by atoms with Gasteiger partial charge in [0, 0.05) is 24.2 Å². The van der Waals surface area contributed by atoms with Crippen LogP contribution in [0.2, 0.25) is 0 Å². The second-order valence-electron chi connectivity index (χ2n) is 8.78. The maximum Gasteiger partial charge on any atom is 0.243 e. The normalized spacial score (nSPS) is 15.9. The fourth-order valence-electron chi connectivity index (χ4n) is 4.07. The van der Waals surface area contributed by atoms with E-state index >= 15 is 0 Å². The number of carbonyl (C=O) groups is 1. The number of nitrogens with zero attached hydrogens (tertiary/aromatic N) is 2. The number of hydrogen-bond donors (Lipinski definition) is 0. The zero-order valence-corrected chi connectivity index (χ0v) is 22.3. The lowest BCUT2D eigenvalue weighted by molar-refractivity contribution is -0.133. The Morgan fingerprint density at radius 3 is 2.39 bits per heavy atom. The maximum atomic E-state index is 13.6. The molecule has 2 heterocycles. The Morgan fingerprint density at radius 1 is 1.06 bits per heavy atom. The fraction of sp³-hybridized carbons (Fsp3) is 0.346. The topological polar surface area (TPSA) is 80.1 Å². The summed E-state index contributed by atoms with van der Waals surface area (Å²) in [5, 5.41) is 0. The summed E-state index contributed by atoms with van der Waals surface area (Å²) in [5.41, 5.74) is 0.717. The van der Waals surface area contributed by atoms with Crippen molar-refractivity contribution in [3.05, 3.63) is 88.0 Å². The molecule has 192 valence electrons. The van der Waals surface area contributed by atoms with E-state index in [-0.39, 0.29) is 43.0 Å². The average molecular weight is 579 g/mol. The lowest BCUT2D eigenvalue weighted by Crippen LogP contribution is -2.45. The molecule has 1 aliphatic rings. The molecule has 2 aromatic carbocycles. The molecule has 1 unspecified atom stereocenters. The molecule has 0 spiro atoms. The second-order valence-corrected chi connectivity index (χ2v) is 11.6. The molecule has 4 rings (SSSR count). The fourth-order valence-corrected chi connectivity index (χ4v) is 5.76. The van der Waals surface area contributed by atoms with Crippen LogP contribution < -0.4 is 0 Å². The van der Waals surface area contributed by atoms with Crippen molar-refractivity contribution in [2.75, 3.05) is 19.7 Å². The van der Waals surface area contributed by atoms with Gasteiger partial charge in [-0.15, -0.1) is 0 Å². The van der Waals surface area contributed by atoms with Crippen molar-refractivity contribution in [2.24, 2.45) is 0 Å². The number of halogens is 2. The molecule has 0 N–H and O–H groups in total. The molecule has 3 aromatic rings. The van der Waals surface area contributed by atoms with Crippen LogP contribution in [0.15, 0.2) is 74.4 Å². The van der Waals surface area contributed by atoms with Gasteiger partial charge in [-0.05, 0) is 73.9 Å². The van der Waals surface area contributed by atoms with E-state index < -0.39 is 15.9 Å². The molecule has 0 saturated carbocycles. The largest absolute Gasteiger partial charge is 0.464 e. The van der Waals surface area contributed by atoms with E-state index in [4.69, 9.17) is 9.15 Å². The average Bonchev–Trinajstić information content (AvgIpc) is 3.51. The first kappa shape index (κ1) is 26.5. The summed E-state index contributed by atoms with van der Waals surface area (Å²) in [4.78, 5) is 15.2. The molecule has 1 fully saturated rings. The van der Waals surface area contributed by atoms with Crippen LogP contribution >= 0.6 is 15.9 Å². The van der Waals surface area contributed by atoms with Crippen LogP contribution in [0.3, 0.4) is 0 Å². The van der Waals surface area contributed by atoms with Gasteiger partial charge in [-0.2, -0.15) is 4.31 Å². The summed E-state index contributed by atoms with van der Waals surface area (Å²) >= 11 is 3.33. The first-order chi connectivity index (χ1) is 17.2. The van der Waals surface area contributed by atoms with Crippen molar-refractivity contribution in [3.8, 4) is 0 Å². The van der Waals surface area contributed by atoms with Gasteiger partial charge in [-0.3, -0.25) is 4.79 Å². The molecule has 1 saturated heterocycles. The lowest BCUT2D eigenvalue weighted by atomic mass is 10.2. The Hall–Kier alpha value is -2.53. The van der Waals surface area contributed by atoms with Crippen LogP contribution in [0.25, 0.3) is 0 Å². The van der Waals surface area contributed by atoms with Gasteiger partial charge in [-0.1, -0.05) is 28.1 Å². The highest BCUT2D eigenvalue weighted by atomic mass is 79.9. The zero-order valence-electron chi connectivity index (χ0n) is 19.9. The molecular formula is C26H28BrFN2O5S. The Kier molecular flexibility index (Phi) is 8.61. The van der Waals surface area contributed by atoms with E-state index in [1.165, 1.54) is 33.5 Å². The number of hydrogen-bond acceptors (Lipinski definition) is 5. The van der Waals surface area contributed by atoms with Crippen molar-refractivity contribution in [3.63, 3.8) is 0 Å². The molecule has 0 radical (unpaired) electrons. The zero-order chi connectivity index (χ0) is 25.7. The highest BCUT2D eigenvalue weighted by molar-refractivity contribution is 9.10. The number of amides is 1. The number of furan rings is 1. The summed E-state index contributed by atoms with van der Waals surface area (Å²) in [6.07, 6.45) is 1.30. The van der Waals surface area contributed by atoms with Crippen molar-refractivity contribution in [2.45, 2.75) is 43.9 Å². The number of aryl methyl sites for hydroxylation is 1. The van der Waals surface area contributed by atoms with Crippen molar-refractivity contribution < 1.29 is 26.8 Å². The summed E-state index contributed by atoms with van der Waals surface area (Å²) < 4.78 is 53.9. The third-order valence-corrected chi connectivity index (χ3v) is 8.33. The minimum atomic E-state index is -3.97. The Morgan fingerprint density at radius 2 is 1.78 bits per heavy atom. The van der Waals surface area contributed by atoms with E-state index in [0.717, 1.165) is 22.9 Å². The first-order valence-corrected chi connectivity index (χ1v) is 13.9. The van der Waals surface area contributed by atoms with Gasteiger partial charge < -0.3 is 14.1 Å². The number of benzene rings is 2. The number of rotatable bonds is 10. The Bertz CT molecular complexity index is 1270. The lowest BCUT2D eigenvalue weighted by Gasteiger charge is -2.28. The van der Waals surface area contributed by atoms with E-state index in [0.29, 0.717) is 18.1 Å². The Labute approximate surface area is 219 Å². The summed E-state index contributed by atoms with van der Waals surface area (Å²) in [7, 11) is -3.97. The molecule has 0 aliphatic carbocycles. The van der Waals surface area contributed by atoms with Crippen molar-refractivity contribution in [1.82, 2.24) is 9.21 Å². The van der Waals surface area contributed by atoms with E-state index in [1.807, 2.05) is 6.92 Å². The van der Waals surface area contributed by atoms with Gasteiger partial charge in [0.05, 0.1) is 24.1 Å². The highest BCUT2D eigenvalue weighted by Crippen LogP contribution is 2.23. The van der Waals surface area contributed by atoms with Gasteiger partial charge in [0.25, 0.3) is 0 Å². The molecule has 1 amide bonds. The second kappa shape index (κ2) is 11.7. The highest BCUT2D eigenvalue weighted by Gasteiger charge is 2.32. The van der Waals surface area contributed by atoms with Gasteiger partial charge >= 0.3 is 0 Å². The molecule has 1 aromatic heterocycles. The smallest absolute Gasteiger partial charge is 0.243 e. The standard InChI is InChI=1S/C26H28BrFN2O5S/c1-19-4-11-24(35-19)16-29(15-20-5-9-22(28)10-6-20)26(31)18-30(17-23-3-2-14-34-23)36(32,33)25-12-7-21(27)8-13-25/h4-13,23H,2-3,14-18H2,1H3. The third-order valence-electron chi connectivity index (χ3n) is 5.98. The third kappa shape index (κ3) is 6.82. The summed E-state index contributed by atoms with van der Waals surface area (Å²) in [6.45, 7) is 2.41. The Balaban J connectivity index is 1.60. The van der Waals surface area contributed by atoms with Crippen LogP contribution in [-0.4, -0.2) is 49.3 Å². The van der Waals surface area contributed by atoms with Gasteiger partial charge in [-0.25, -0.2) is 12.8 Å². The van der Waals surface area contributed by atoms with Crippen LogP contribution in [0.1, 0.15) is 29.9 Å².